The van der Waals surface area contributed by atoms with E-state index >= 15 is 0 Å². The molecule has 3 heterocycles. The Bertz CT molecular complexity index is 2710. The molecule has 0 N–H and O–H groups in total. The predicted molar refractivity (Wildman–Crippen MR) is 198 cm³/mol. The van der Waals surface area contributed by atoms with Crippen LogP contribution in [0.15, 0.2) is 176 Å². The van der Waals surface area contributed by atoms with Crippen LogP contribution in [-0.4, -0.2) is 8.80 Å². The molecule has 0 unspecified atom stereocenters. The quantitative estimate of drug-likeness (QED) is 0.192. The van der Waals surface area contributed by atoms with Gasteiger partial charge in [-0.3, -0.25) is 8.80 Å². The van der Waals surface area contributed by atoms with Gasteiger partial charge in [-0.2, -0.15) is 0 Å². The van der Waals surface area contributed by atoms with Gasteiger partial charge in [0.25, 0.3) is 0 Å². The van der Waals surface area contributed by atoms with Gasteiger partial charge in [0.15, 0.2) is 0 Å². The maximum absolute atomic E-state index is 2.49. The van der Waals surface area contributed by atoms with E-state index in [0.29, 0.717) is 0 Å². The van der Waals surface area contributed by atoms with Crippen LogP contribution >= 0.6 is 0 Å². The Morgan fingerprint density at radius 3 is 1.60 bits per heavy atom. The van der Waals surface area contributed by atoms with Gasteiger partial charge >= 0.3 is 0 Å². The molecular weight excluding hydrogens is 571 g/mol. The third kappa shape index (κ3) is 3.81. The van der Waals surface area contributed by atoms with Crippen LogP contribution < -0.4 is 4.90 Å². The molecule has 0 aliphatic rings. The fourth-order valence-electron chi connectivity index (χ4n) is 7.59. The van der Waals surface area contributed by atoms with E-state index in [1.807, 2.05) is 0 Å². The lowest BCUT2D eigenvalue weighted by Crippen LogP contribution is -2.11. The first-order valence-electron chi connectivity index (χ1n) is 16.1. The highest BCUT2D eigenvalue weighted by molar-refractivity contribution is 6.24. The van der Waals surface area contributed by atoms with Crippen molar-refractivity contribution in [1.82, 2.24) is 8.80 Å². The van der Waals surface area contributed by atoms with Crippen molar-refractivity contribution < 1.29 is 0 Å². The summed E-state index contributed by atoms with van der Waals surface area (Å²) in [5, 5.41) is 3.88. The minimum Gasteiger partial charge on any atom is -0.308 e. The summed E-state index contributed by atoms with van der Waals surface area (Å²) in [4.78, 5) is 2.43. The van der Waals surface area contributed by atoms with Crippen molar-refractivity contribution in [2.24, 2.45) is 0 Å². The van der Waals surface area contributed by atoms with Crippen LogP contribution in [0.3, 0.4) is 0 Å². The Kier molecular flexibility index (Phi) is 5.57. The molecule has 10 rings (SSSR count). The van der Waals surface area contributed by atoms with Gasteiger partial charge < -0.3 is 4.90 Å². The third-order valence-corrected chi connectivity index (χ3v) is 9.62. The van der Waals surface area contributed by atoms with Gasteiger partial charge in [0, 0.05) is 27.5 Å². The molecule has 7 aromatic carbocycles. The minimum atomic E-state index is 1.11. The molecule has 0 aliphatic carbocycles. The van der Waals surface area contributed by atoms with Crippen molar-refractivity contribution >= 4 is 60.9 Å². The molecule has 0 bridgehead atoms. The van der Waals surface area contributed by atoms with Crippen LogP contribution in [0.5, 0.6) is 0 Å². The molecule has 3 heteroatoms. The number of fused-ring (bicyclic) bond motifs is 9. The Hall–Kier alpha value is -6.32. The van der Waals surface area contributed by atoms with E-state index in [4.69, 9.17) is 0 Å². The summed E-state index contributed by atoms with van der Waals surface area (Å²) < 4.78 is 4.95. The third-order valence-electron chi connectivity index (χ3n) is 9.62. The zero-order chi connectivity index (χ0) is 30.9. The minimum absolute atomic E-state index is 1.11. The first-order valence-corrected chi connectivity index (χ1v) is 16.1. The topological polar surface area (TPSA) is 12.1 Å². The average Bonchev–Trinajstić information content (AvgIpc) is 3.78. The summed E-state index contributed by atoms with van der Waals surface area (Å²) in [5.74, 6) is 0. The van der Waals surface area contributed by atoms with Gasteiger partial charge in [0.1, 0.15) is 5.65 Å². The van der Waals surface area contributed by atoms with Gasteiger partial charge in [0.2, 0.25) is 0 Å². The summed E-state index contributed by atoms with van der Waals surface area (Å²) in [6.45, 7) is 0. The number of hydrogen-bond acceptors (Lipinski definition) is 1. The molecule has 3 aromatic heterocycles. The zero-order valence-corrected chi connectivity index (χ0v) is 25.6. The van der Waals surface area contributed by atoms with Crippen LogP contribution in [0, 0.1) is 0 Å². The number of para-hydroxylation sites is 3. The number of rotatable bonds is 5. The smallest absolute Gasteiger partial charge is 0.131 e. The van der Waals surface area contributed by atoms with Crippen molar-refractivity contribution in [3.05, 3.63) is 176 Å². The van der Waals surface area contributed by atoms with Crippen LogP contribution in [0.2, 0.25) is 0 Å². The number of imidazole rings is 1. The Labute approximate surface area is 272 Å². The molecule has 47 heavy (non-hydrogen) atoms. The Balaban J connectivity index is 1.29. The molecule has 0 amide bonds. The van der Waals surface area contributed by atoms with E-state index in [9.17, 15) is 0 Å². The maximum Gasteiger partial charge on any atom is 0.131 e. The fourth-order valence-corrected chi connectivity index (χ4v) is 7.59. The van der Waals surface area contributed by atoms with Gasteiger partial charge in [-0.05, 0) is 70.8 Å². The highest BCUT2D eigenvalue weighted by Crippen LogP contribution is 2.46. The molecule has 0 spiro atoms. The number of benzene rings is 7. The van der Waals surface area contributed by atoms with Crippen molar-refractivity contribution in [2.45, 2.75) is 0 Å². The zero-order valence-electron chi connectivity index (χ0n) is 25.6. The first kappa shape index (κ1) is 26.0. The second-order valence-corrected chi connectivity index (χ2v) is 12.2. The largest absolute Gasteiger partial charge is 0.308 e. The number of hydrogen-bond donors (Lipinski definition) is 0. The molecule has 0 saturated carbocycles. The van der Waals surface area contributed by atoms with E-state index in [-0.39, 0.29) is 0 Å². The lowest BCUT2D eigenvalue weighted by Gasteiger charge is -2.27. The molecule has 0 radical (unpaired) electrons. The van der Waals surface area contributed by atoms with E-state index in [2.05, 4.69) is 190 Å². The number of nitrogens with zero attached hydrogens (tertiary/aromatic N) is 3. The highest BCUT2D eigenvalue weighted by atomic mass is 15.2. The summed E-state index contributed by atoms with van der Waals surface area (Å²) >= 11 is 0. The van der Waals surface area contributed by atoms with Crippen molar-refractivity contribution in [3.8, 4) is 22.3 Å². The van der Waals surface area contributed by atoms with E-state index in [1.54, 1.807) is 0 Å². The van der Waals surface area contributed by atoms with Crippen molar-refractivity contribution in [3.63, 3.8) is 0 Å². The van der Waals surface area contributed by atoms with Crippen molar-refractivity contribution in [2.75, 3.05) is 4.90 Å². The van der Waals surface area contributed by atoms with Crippen LogP contribution in [0.4, 0.5) is 17.1 Å². The maximum atomic E-state index is 2.49. The van der Waals surface area contributed by atoms with E-state index in [0.717, 1.165) is 17.1 Å². The Morgan fingerprint density at radius 2 is 0.894 bits per heavy atom. The van der Waals surface area contributed by atoms with Gasteiger partial charge in [-0.15, -0.1) is 0 Å². The lowest BCUT2D eigenvalue weighted by atomic mass is 10.0. The van der Waals surface area contributed by atoms with Crippen LogP contribution in [0.25, 0.3) is 66.1 Å². The fraction of sp³-hybridized carbons (Fsp3) is 0. The molecule has 0 aliphatic heterocycles. The highest BCUT2D eigenvalue weighted by Gasteiger charge is 2.26. The standard InChI is InChI=1S/C44H29N3/c1-3-13-30(14-4-1)32-25-27-34(28-26-32)45(35-18-11-17-33(29-35)31-15-5-2-6-16-31)40-23-12-24-41-43(40)47-39-22-10-8-20-37(39)42-36-19-7-9-21-38(36)46(41)44(42)47/h1-29H. The van der Waals surface area contributed by atoms with Crippen LogP contribution in [-0.2, 0) is 0 Å². The normalized spacial score (nSPS) is 11.8. The molecule has 3 nitrogen and oxygen atoms in total. The van der Waals surface area contributed by atoms with Crippen LogP contribution in [0.1, 0.15) is 0 Å². The SMILES string of the molecule is c1ccc(-c2ccc(N(c3cccc(-c4ccccc4)c3)c3cccc4c3n3c5ccccc5c5c6ccccc6n4c53)cc2)cc1. The number of anilines is 3. The number of aromatic nitrogens is 2. The van der Waals surface area contributed by atoms with Gasteiger partial charge in [0.05, 0.1) is 27.8 Å². The second kappa shape index (κ2) is 10.1. The van der Waals surface area contributed by atoms with Crippen molar-refractivity contribution in [1.29, 1.82) is 0 Å². The Morgan fingerprint density at radius 1 is 0.362 bits per heavy atom. The second-order valence-electron chi connectivity index (χ2n) is 12.2. The summed E-state index contributed by atoms with van der Waals surface area (Å²) in [6.07, 6.45) is 0. The van der Waals surface area contributed by atoms with Gasteiger partial charge in [-0.1, -0.05) is 127 Å². The molecule has 10 aromatic rings. The van der Waals surface area contributed by atoms with Gasteiger partial charge in [-0.25, -0.2) is 0 Å². The summed E-state index contributed by atoms with van der Waals surface area (Å²) in [7, 11) is 0. The van der Waals surface area contributed by atoms with E-state index < -0.39 is 0 Å². The average molecular weight is 600 g/mol. The predicted octanol–water partition coefficient (Wildman–Crippen LogP) is 11.9. The summed E-state index contributed by atoms with van der Waals surface area (Å²) in [6, 6.07) is 63.5. The molecule has 0 fully saturated rings. The molecule has 220 valence electrons. The first-order chi connectivity index (χ1) is 23.3. The molecule has 0 saturated heterocycles. The monoisotopic (exact) mass is 599 g/mol. The molecular formula is C44H29N3. The molecule has 0 atom stereocenters. The lowest BCUT2D eigenvalue weighted by molar-refractivity contribution is 1.26. The summed E-state index contributed by atoms with van der Waals surface area (Å²) in [5.41, 5.74) is 14.2. The van der Waals surface area contributed by atoms with E-state index in [1.165, 1.54) is 66.1 Å².